The van der Waals surface area contributed by atoms with Crippen LogP contribution in [0.2, 0.25) is 0 Å². The Bertz CT molecular complexity index is 2950. The first-order valence-electron chi connectivity index (χ1n) is 17.5. The SMILES string of the molecule is Cc1ccc(-c2nc(-c3ccccc3)nc(-c3ccc4oc(-c5cccc(-c6cccc7c6sc6c(-c8ccccc8)cccc67)c5)nc4c3)n2)cc1. The van der Waals surface area contributed by atoms with E-state index in [1.54, 1.807) is 0 Å². The molecule has 7 aromatic carbocycles. The molecule has 0 aliphatic rings. The van der Waals surface area contributed by atoms with Gasteiger partial charge in [0.25, 0.3) is 0 Å². The highest BCUT2D eigenvalue weighted by molar-refractivity contribution is 7.26. The van der Waals surface area contributed by atoms with Gasteiger partial charge in [-0.3, -0.25) is 0 Å². The van der Waals surface area contributed by atoms with E-state index in [4.69, 9.17) is 24.4 Å². The largest absolute Gasteiger partial charge is 0.436 e. The minimum Gasteiger partial charge on any atom is -0.436 e. The van der Waals surface area contributed by atoms with Gasteiger partial charge in [-0.25, -0.2) is 19.9 Å². The fourth-order valence-corrected chi connectivity index (χ4v) is 8.33. The van der Waals surface area contributed by atoms with Gasteiger partial charge in [-0.2, -0.15) is 0 Å². The summed E-state index contributed by atoms with van der Waals surface area (Å²) in [6.45, 7) is 2.07. The number of hydrogen-bond acceptors (Lipinski definition) is 6. The van der Waals surface area contributed by atoms with E-state index in [0.29, 0.717) is 28.9 Å². The van der Waals surface area contributed by atoms with E-state index in [0.717, 1.165) is 33.3 Å². The first kappa shape index (κ1) is 31.0. The molecule has 10 aromatic rings. The maximum atomic E-state index is 6.37. The second-order valence-electron chi connectivity index (χ2n) is 13.2. The van der Waals surface area contributed by atoms with Crippen molar-refractivity contribution in [1.29, 1.82) is 0 Å². The number of aromatic nitrogens is 4. The molecule has 53 heavy (non-hydrogen) atoms. The Morgan fingerprint density at radius 1 is 0.415 bits per heavy atom. The smallest absolute Gasteiger partial charge is 0.227 e. The summed E-state index contributed by atoms with van der Waals surface area (Å²) in [5.74, 6) is 2.38. The van der Waals surface area contributed by atoms with Crippen LogP contribution < -0.4 is 0 Å². The number of aryl methyl sites for hydroxylation is 1. The van der Waals surface area contributed by atoms with Crippen LogP contribution >= 0.6 is 11.3 Å². The van der Waals surface area contributed by atoms with E-state index in [2.05, 4.69) is 110 Å². The molecule has 5 nitrogen and oxygen atoms in total. The zero-order valence-electron chi connectivity index (χ0n) is 28.7. The molecule has 0 spiro atoms. The summed E-state index contributed by atoms with van der Waals surface area (Å²) in [6, 6.07) is 56.5. The van der Waals surface area contributed by atoms with Gasteiger partial charge in [0.05, 0.1) is 0 Å². The molecule has 0 aliphatic carbocycles. The monoisotopic (exact) mass is 698 g/mol. The molecule has 0 saturated carbocycles. The average molecular weight is 699 g/mol. The van der Waals surface area contributed by atoms with Gasteiger partial charge in [-0.1, -0.05) is 139 Å². The fraction of sp³-hybridized carbons (Fsp3) is 0.0213. The van der Waals surface area contributed by atoms with Gasteiger partial charge in [-0.15, -0.1) is 11.3 Å². The molecule has 0 unspecified atom stereocenters. The molecule has 3 aromatic heterocycles. The minimum atomic E-state index is 0.565. The average Bonchev–Trinajstić information content (AvgIpc) is 3.83. The zero-order valence-corrected chi connectivity index (χ0v) is 29.5. The summed E-state index contributed by atoms with van der Waals surface area (Å²) in [5, 5.41) is 2.54. The van der Waals surface area contributed by atoms with E-state index in [9.17, 15) is 0 Å². The molecule has 3 heterocycles. The van der Waals surface area contributed by atoms with E-state index in [-0.39, 0.29) is 0 Å². The number of thiophene rings is 1. The molecule has 0 aliphatic heterocycles. The Morgan fingerprint density at radius 3 is 1.62 bits per heavy atom. The van der Waals surface area contributed by atoms with Crippen molar-refractivity contribution in [2.45, 2.75) is 6.92 Å². The minimum absolute atomic E-state index is 0.565. The molecule has 0 amide bonds. The topological polar surface area (TPSA) is 64.7 Å². The first-order valence-corrected chi connectivity index (χ1v) is 18.4. The Morgan fingerprint density at radius 2 is 0.943 bits per heavy atom. The molecule has 250 valence electrons. The van der Waals surface area contributed by atoms with Crippen LogP contribution in [-0.4, -0.2) is 19.9 Å². The van der Waals surface area contributed by atoms with Crippen molar-refractivity contribution in [3.05, 3.63) is 169 Å². The van der Waals surface area contributed by atoms with Crippen LogP contribution in [0.4, 0.5) is 0 Å². The standard InChI is InChI=1S/C47H30N4OS/c1-29-21-23-32(24-22-29)45-49-44(31-13-6-3-7-14-31)50-46(51-45)34-25-26-41-40(28-34)48-47(52-41)35-16-8-15-33(27-35)37-18-10-20-39-38-19-9-17-36(42(38)53-43(37)39)30-11-4-2-5-12-30/h2-28H,1H3. The molecule has 0 bridgehead atoms. The summed E-state index contributed by atoms with van der Waals surface area (Å²) >= 11 is 1.85. The van der Waals surface area contributed by atoms with Crippen molar-refractivity contribution in [2.24, 2.45) is 0 Å². The van der Waals surface area contributed by atoms with Crippen molar-refractivity contribution in [3.8, 4) is 67.9 Å². The fourth-order valence-electron chi connectivity index (χ4n) is 6.96. The number of hydrogen-bond donors (Lipinski definition) is 0. The van der Waals surface area contributed by atoms with Gasteiger partial charge in [0.2, 0.25) is 5.89 Å². The third-order valence-electron chi connectivity index (χ3n) is 9.65. The third kappa shape index (κ3) is 5.66. The lowest BCUT2D eigenvalue weighted by molar-refractivity contribution is 0.620. The van der Waals surface area contributed by atoms with Crippen molar-refractivity contribution in [3.63, 3.8) is 0 Å². The van der Waals surface area contributed by atoms with Crippen LogP contribution in [0.1, 0.15) is 5.56 Å². The summed E-state index contributed by atoms with van der Waals surface area (Å²) in [5.41, 5.74) is 11.0. The van der Waals surface area contributed by atoms with E-state index < -0.39 is 0 Å². The number of nitrogens with zero attached hydrogens (tertiary/aromatic N) is 4. The Kier molecular flexibility index (Phi) is 7.48. The molecule has 0 N–H and O–H groups in total. The van der Waals surface area contributed by atoms with Crippen LogP contribution in [0.5, 0.6) is 0 Å². The van der Waals surface area contributed by atoms with Crippen LogP contribution in [0.3, 0.4) is 0 Å². The van der Waals surface area contributed by atoms with Gasteiger partial charge < -0.3 is 4.42 Å². The quantitative estimate of drug-likeness (QED) is 0.173. The lowest BCUT2D eigenvalue weighted by atomic mass is 9.99. The van der Waals surface area contributed by atoms with Gasteiger partial charge in [-0.05, 0) is 59.5 Å². The summed E-state index contributed by atoms with van der Waals surface area (Å²) in [7, 11) is 0. The highest BCUT2D eigenvalue weighted by atomic mass is 32.1. The summed E-state index contributed by atoms with van der Waals surface area (Å²) in [4.78, 5) is 19.7. The van der Waals surface area contributed by atoms with Crippen LogP contribution in [0.15, 0.2) is 168 Å². The van der Waals surface area contributed by atoms with Gasteiger partial charge in [0, 0.05) is 42.4 Å². The Hall–Kier alpha value is -6.76. The maximum absolute atomic E-state index is 6.37. The van der Waals surface area contributed by atoms with E-state index in [1.807, 2.05) is 72.0 Å². The number of fused-ring (bicyclic) bond motifs is 4. The van der Waals surface area contributed by atoms with Crippen LogP contribution in [0, 0.1) is 6.92 Å². The van der Waals surface area contributed by atoms with Crippen LogP contribution in [-0.2, 0) is 0 Å². The molecular weight excluding hydrogens is 669 g/mol. The zero-order chi connectivity index (χ0) is 35.3. The molecule has 0 fully saturated rings. The predicted octanol–water partition coefficient (Wildman–Crippen LogP) is 12.7. The second-order valence-corrected chi connectivity index (χ2v) is 14.2. The number of oxazole rings is 1. The Labute approximate surface area is 309 Å². The van der Waals surface area contributed by atoms with Crippen LogP contribution in [0.25, 0.3) is 99.1 Å². The number of rotatable bonds is 6. The van der Waals surface area contributed by atoms with Gasteiger partial charge in [0.15, 0.2) is 23.1 Å². The molecule has 6 heteroatoms. The van der Waals surface area contributed by atoms with Gasteiger partial charge in [0.1, 0.15) is 5.52 Å². The molecule has 0 saturated heterocycles. The number of benzene rings is 7. The maximum Gasteiger partial charge on any atom is 0.227 e. The molecule has 10 rings (SSSR count). The lowest BCUT2D eigenvalue weighted by Gasteiger charge is -2.08. The Balaban J connectivity index is 1.04. The van der Waals surface area contributed by atoms with Crippen molar-refractivity contribution in [1.82, 2.24) is 19.9 Å². The normalized spacial score (nSPS) is 11.5. The summed E-state index contributed by atoms with van der Waals surface area (Å²) in [6.07, 6.45) is 0. The van der Waals surface area contributed by atoms with Gasteiger partial charge >= 0.3 is 0 Å². The lowest BCUT2D eigenvalue weighted by Crippen LogP contribution is -2.00. The third-order valence-corrected chi connectivity index (χ3v) is 10.9. The second kappa shape index (κ2) is 12.8. The molecule has 0 radical (unpaired) electrons. The van der Waals surface area contributed by atoms with Crippen molar-refractivity contribution >= 4 is 42.6 Å². The highest BCUT2D eigenvalue weighted by Crippen LogP contribution is 2.44. The summed E-state index contributed by atoms with van der Waals surface area (Å²) < 4.78 is 8.94. The van der Waals surface area contributed by atoms with E-state index >= 15 is 0 Å². The molecule has 0 atom stereocenters. The molecular formula is C47H30N4OS. The predicted molar refractivity (Wildman–Crippen MR) is 218 cm³/mol. The highest BCUT2D eigenvalue weighted by Gasteiger charge is 2.17. The van der Waals surface area contributed by atoms with Crippen molar-refractivity contribution in [2.75, 3.05) is 0 Å². The van der Waals surface area contributed by atoms with E-state index in [1.165, 1.54) is 42.4 Å². The van der Waals surface area contributed by atoms with Crippen molar-refractivity contribution < 1.29 is 4.42 Å². The first-order chi connectivity index (χ1) is 26.1.